The highest BCUT2D eigenvalue weighted by atomic mass is 35.5. The van der Waals surface area contributed by atoms with Gasteiger partial charge in [0.2, 0.25) is 0 Å². The van der Waals surface area contributed by atoms with Crippen molar-refractivity contribution in [3.05, 3.63) is 62.5 Å². The zero-order valence-corrected chi connectivity index (χ0v) is 13.0. The van der Waals surface area contributed by atoms with E-state index in [2.05, 4.69) is 5.32 Å². The summed E-state index contributed by atoms with van der Waals surface area (Å²) in [6.45, 7) is 6.33. The van der Waals surface area contributed by atoms with Crippen molar-refractivity contribution in [1.82, 2.24) is 4.57 Å². The van der Waals surface area contributed by atoms with Gasteiger partial charge < -0.3 is 9.88 Å². The van der Waals surface area contributed by atoms with Gasteiger partial charge >= 0.3 is 0 Å². The highest BCUT2D eigenvalue weighted by Gasteiger charge is 2.17. The van der Waals surface area contributed by atoms with E-state index in [9.17, 15) is 9.59 Å². The Kier molecular flexibility index (Phi) is 4.48. The number of aryl methyl sites for hydroxylation is 1. The van der Waals surface area contributed by atoms with Crippen LogP contribution in [0.3, 0.4) is 0 Å². The van der Waals surface area contributed by atoms with Gasteiger partial charge in [0, 0.05) is 34.7 Å². The Morgan fingerprint density at radius 3 is 2.43 bits per heavy atom. The zero-order valence-electron chi connectivity index (χ0n) is 12.2. The van der Waals surface area contributed by atoms with Crippen molar-refractivity contribution in [2.24, 2.45) is 0 Å². The molecule has 4 nitrogen and oxygen atoms in total. The molecule has 0 spiro atoms. The van der Waals surface area contributed by atoms with Gasteiger partial charge in [-0.05, 0) is 45.0 Å². The van der Waals surface area contributed by atoms with Crippen LogP contribution in [0, 0.1) is 13.8 Å². The lowest BCUT2D eigenvalue weighted by Crippen LogP contribution is -2.26. The van der Waals surface area contributed by atoms with Gasteiger partial charge in [-0.3, -0.25) is 9.59 Å². The molecule has 5 heteroatoms. The van der Waals surface area contributed by atoms with Crippen LogP contribution in [0.5, 0.6) is 0 Å². The zero-order chi connectivity index (χ0) is 15.6. The molecule has 110 valence electrons. The number of rotatable bonds is 3. The molecule has 1 heterocycles. The Labute approximate surface area is 128 Å². The summed E-state index contributed by atoms with van der Waals surface area (Å²) in [4.78, 5) is 24.5. The number of halogens is 1. The third-order valence-corrected chi connectivity index (χ3v) is 3.68. The van der Waals surface area contributed by atoms with Crippen molar-refractivity contribution in [3.63, 3.8) is 0 Å². The topological polar surface area (TPSA) is 51.1 Å². The predicted molar refractivity (Wildman–Crippen MR) is 85.3 cm³/mol. The summed E-state index contributed by atoms with van der Waals surface area (Å²) in [7, 11) is 0. The summed E-state index contributed by atoms with van der Waals surface area (Å²) in [6, 6.07) is 8.25. The maximum absolute atomic E-state index is 12.4. The van der Waals surface area contributed by atoms with Crippen molar-refractivity contribution >= 4 is 23.2 Å². The number of pyridine rings is 1. The first-order valence-corrected chi connectivity index (χ1v) is 7.09. The maximum Gasteiger partial charge on any atom is 0.261 e. The average molecular weight is 305 g/mol. The lowest BCUT2D eigenvalue weighted by molar-refractivity contribution is 0.102. The summed E-state index contributed by atoms with van der Waals surface area (Å²) in [5.41, 5.74) is 2.04. The second-order valence-corrected chi connectivity index (χ2v) is 5.25. The molecule has 0 saturated heterocycles. The molecule has 2 aromatic rings. The van der Waals surface area contributed by atoms with E-state index in [1.54, 1.807) is 31.2 Å². The Bertz CT molecular complexity index is 733. The van der Waals surface area contributed by atoms with Crippen LogP contribution in [-0.2, 0) is 6.54 Å². The molecule has 0 fully saturated rings. The fraction of sp³-hybridized carbons (Fsp3) is 0.250. The minimum absolute atomic E-state index is 0.178. The van der Waals surface area contributed by atoms with Gasteiger partial charge in [0.15, 0.2) is 5.43 Å². The molecule has 1 N–H and O–H groups in total. The first kappa shape index (κ1) is 15.3. The average Bonchev–Trinajstić information content (AvgIpc) is 2.41. The summed E-state index contributed by atoms with van der Waals surface area (Å²) >= 11 is 5.81. The van der Waals surface area contributed by atoms with Gasteiger partial charge in [-0.15, -0.1) is 0 Å². The van der Waals surface area contributed by atoms with Gasteiger partial charge in [0.05, 0.1) is 0 Å². The van der Waals surface area contributed by atoms with Gasteiger partial charge in [-0.25, -0.2) is 0 Å². The summed E-state index contributed by atoms with van der Waals surface area (Å²) in [6.07, 6.45) is 0. The van der Waals surface area contributed by atoms with Crippen molar-refractivity contribution in [2.45, 2.75) is 27.3 Å². The molecule has 1 amide bonds. The third kappa shape index (κ3) is 3.16. The maximum atomic E-state index is 12.4. The molecule has 0 aliphatic rings. The summed E-state index contributed by atoms with van der Waals surface area (Å²) in [5, 5.41) is 3.32. The fourth-order valence-corrected chi connectivity index (χ4v) is 2.53. The number of anilines is 1. The molecule has 1 aromatic heterocycles. The van der Waals surface area contributed by atoms with E-state index in [-0.39, 0.29) is 11.0 Å². The van der Waals surface area contributed by atoms with Gasteiger partial charge in [0.25, 0.3) is 5.91 Å². The molecule has 0 saturated carbocycles. The van der Waals surface area contributed by atoms with E-state index in [0.29, 0.717) is 22.9 Å². The van der Waals surface area contributed by atoms with Crippen LogP contribution in [-0.4, -0.2) is 10.5 Å². The molecule has 0 bridgehead atoms. The second kappa shape index (κ2) is 6.14. The number of aromatic nitrogens is 1. The summed E-state index contributed by atoms with van der Waals surface area (Å²) < 4.78 is 1.94. The molecule has 1 aromatic carbocycles. The van der Waals surface area contributed by atoms with Crippen molar-refractivity contribution in [3.8, 4) is 0 Å². The Balaban J connectivity index is 2.40. The second-order valence-electron chi connectivity index (χ2n) is 4.82. The third-order valence-electron chi connectivity index (χ3n) is 3.42. The smallest absolute Gasteiger partial charge is 0.261 e. The number of hydrogen-bond acceptors (Lipinski definition) is 2. The van der Waals surface area contributed by atoms with Crippen LogP contribution >= 0.6 is 11.6 Å². The SMILES string of the molecule is CCn1c(C)cc(=O)c(C(=O)Nc2ccc(Cl)cc2)c1C. The molecule has 0 unspecified atom stereocenters. The van der Waals surface area contributed by atoms with E-state index in [1.807, 2.05) is 18.4 Å². The minimum atomic E-state index is -0.401. The number of carbonyl (C=O) groups is 1. The molecule has 0 aliphatic heterocycles. The highest BCUT2D eigenvalue weighted by molar-refractivity contribution is 6.30. The van der Waals surface area contributed by atoms with Crippen LogP contribution in [0.2, 0.25) is 5.02 Å². The minimum Gasteiger partial charge on any atom is -0.348 e. The standard InChI is InChI=1S/C16H17ClN2O2/c1-4-19-10(2)9-14(20)15(11(19)3)16(21)18-13-7-5-12(17)6-8-13/h5-9H,4H2,1-3H3,(H,18,21). The largest absolute Gasteiger partial charge is 0.348 e. The molecule has 0 atom stereocenters. The number of nitrogens with one attached hydrogen (secondary N) is 1. The van der Waals surface area contributed by atoms with Crippen molar-refractivity contribution in [1.29, 1.82) is 0 Å². The first-order valence-electron chi connectivity index (χ1n) is 6.72. The fourth-order valence-electron chi connectivity index (χ4n) is 2.41. The molecule has 2 rings (SSSR count). The lowest BCUT2D eigenvalue weighted by atomic mass is 10.1. The molecule has 0 aliphatic carbocycles. The monoisotopic (exact) mass is 304 g/mol. The van der Waals surface area contributed by atoms with Crippen LogP contribution < -0.4 is 10.7 Å². The summed E-state index contributed by atoms with van der Waals surface area (Å²) in [5.74, 6) is -0.401. The Morgan fingerprint density at radius 1 is 1.24 bits per heavy atom. The van der Waals surface area contributed by atoms with E-state index in [0.717, 1.165) is 5.69 Å². The number of carbonyl (C=O) groups excluding carboxylic acids is 1. The lowest BCUT2D eigenvalue weighted by Gasteiger charge is -2.15. The Morgan fingerprint density at radius 2 is 1.86 bits per heavy atom. The number of hydrogen-bond donors (Lipinski definition) is 1. The van der Waals surface area contributed by atoms with Crippen molar-refractivity contribution in [2.75, 3.05) is 5.32 Å². The number of amides is 1. The Hall–Kier alpha value is -2.07. The van der Waals surface area contributed by atoms with E-state index >= 15 is 0 Å². The van der Waals surface area contributed by atoms with Crippen LogP contribution in [0.25, 0.3) is 0 Å². The molecule has 0 radical (unpaired) electrons. The van der Waals surface area contributed by atoms with E-state index < -0.39 is 5.91 Å². The van der Waals surface area contributed by atoms with Crippen LogP contribution in [0.15, 0.2) is 35.1 Å². The van der Waals surface area contributed by atoms with Crippen LogP contribution in [0.4, 0.5) is 5.69 Å². The van der Waals surface area contributed by atoms with E-state index in [1.165, 1.54) is 6.07 Å². The normalized spacial score (nSPS) is 10.5. The van der Waals surface area contributed by atoms with Gasteiger partial charge in [-0.2, -0.15) is 0 Å². The highest BCUT2D eigenvalue weighted by Crippen LogP contribution is 2.15. The predicted octanol–water partition coefficient (Wildman–Crippen LogP) is 3.39. The molecule has 21 heavy (non-hydrogen) atoms. The first-order chi connectivity index (χ1) is 9.93. The van der Waals surface area contributed by atoms with Gasteiger partial charge in [0.1, 0.15) is 5.56 Å². The van der Waals surface area contributed by atoms with E-state index in [4.69, 9.17) is 11.6 Å². The number of benzene rings is 1. The van der Waals surface area contributed by atoms with Crippen LogP contribution in [0.1, 0.15) is 28.7 Å². The van der Waals surface area contributed by atoms with Gasteiger partial charge in [-0.1, -0.05) is 11.6 Å². The quantitative estimate of drug-likeness (QED) is 0.945. The molecular formula is C16H17ClN2O2. The number of nitrogens with zero attached hydrogens (tertiary/aromatic N) is 1. The van der Waals surface area contributed by atoms with Crippen molar-refractivity contribution < 1.29 is 4.79 Å². The molecular weight excluding hydrogens is 288 g/mol.